The van der Waals surface area contributed by atoms with Crippen LogP contribution in [0.1, 0.15) is 19.3 Å². The molecule has 6 heteroatoms. The molecule has 1 aromatic rings. The number of anilines is 1. The number of rotatable bonds is 5. The number of fused-ring (bicyclic) bond motifs is 1. The fourth-order valence-electron chi connectivity index (χ4n) is 3.64. The van der Waals surface area contributed by atoms with E-state index in [1.54, 1.807) is 12.4 Å². The van der Waals surface area contributed by atoms with Crippen LogP contribution in [0.2, 0.25) is 0 Å². The van der Waals surface area contributed by atoms with Gasteiger partial charge >= 0.3 is 0 Å². The van der Waals surface area contributed by atoms with Gasteiger partial charge in [0.05, 0.1) is 5.60 Å². The number of aromatic nitrogens is 2. The largest absolute Gasteiger partial charge is 0.389 e. The summed E-state index contributed by atoms with van der Waals surface area (Å²) >= 11 is 1.91. The Morgan fingerprint density at radius 3 is 2.82 bits per heavy atom. The van der Waals surface area contributed by atoms with E-state index >= 15 is 0 Å². The van der Waals surface area contributed by atoms with Gasteiger partial charge in [0.15, 0.2) is 0 Å². The third-order valence-corrected chi connectivity index (χ3v) is 5.71. The molecule has 2 fully saturated rings. The zero-order chi connectivity index (χ0) is 15.4. The first-order chi connectivity index (χ1) is 10.7. The number of thioether (sulfide) groups is 1. The molecule has 0 spiro atoms. The van der Waals surface area contributed by atoms with E-state index in [2.05, 4.69) is 26.0 Å². The Balaban J connectivity index is 1.61. The second-order valence-corrected chi connectivity index (χ2v) is 7.43. The van der Waals surface area contributed by atoms with Crippen LogP contribution < -0.4 is 4.90 Å². The van der Waals surface area contributed by atoms with Gasteiger partial charge in [0, 0.05) is 44.5 Å². The zero-order valence-electron chi connectivity index (χ0n) is 13.3. The predicted octanol–water partition coefficient (Wildman–Crippen LogP) is 1.49. The highest BCUT2D eigenvalue weighted by Gasteiger charge is 2.45. The summed E-state index contributed by atoms with van der Waals surface area (Å²) in [5.41, 5.74) is -0.485. The molecule has 1 aromatic heterocycles. The lowest BCUT2D eigenvalue weighted by atomic mass is 9.75. The molecule has 0 unspecified atom stereocenters. The fraction of sp³-hybridized carbons (Fsp3) is 0.750. The Morgan fingerprint density at radius 2 is 2.05 bits per heavy atom. The lowest BCUT2D eigenvalue weighted by Gasteiger charge is -2.50. The first-order valence-corrected chi connectivity index (χ1v) is 9.56. The van der Waals surface area contributed by atoms with E-state index in [9.17, 15) is 5.11 Å². The normalized spacial score (nSPS) is 29.4. The van der Waals surface area contributed by atoms with Crippen molar-refractivity contribution in [3.05, 3.63) is 18.5 Å². The molecule has 0 saturated carbocycles. The number of hydrogen-bond donors (Lipinski definition) is 1. The van der Waals surface area contributed by atoms with Gasteiger partial charge in [-0.2, -0.15) is 11.8 Å². The molecule has 0 radical (unpaired) electrons. The second kappa shape index (κ2) is 7.15. The van der Waals surface area contributed by atoms with Gasteiger partial charge in [-0.25, -0.2) is 9.97 Å². The second-order valence-electron chi connectivity index (χ2n) is 6.44. The monoisotopic (exact) mass is 322 g/mol. The van der Waals surface area contributed by atoms with Gasteiger partial charge in [-0.1, -0.05) is 0 Å². The molecule has 3 rings (SSSR count). The van der Waals surface area contributed by atoms with Crippen LogP contribution in [0, 0.1) is 5.92 Å². The molecule has 122 valence electrons. The molecule has 3 heterocycles. The quantitative estimate of drug-likeness (QED) is 0.829. The van der Waals surface area contributed by atoms with Crippen molar-refractivity contribution in [3.8, 4) is 0 Å². The summed E-state index contributed by atoms with van der Waals surface area (Å²) in [7, 11) is 0. The molecular weight excluding hydrogens is 296 g/mol. The van der Waals surface area contributed by atoms with Crippen molar-refractivity contribution >= 4 is 17.7 Å². The topological polar surface area (TPSA) is 52.5 Å². The van der Waals surface area contributed by atoms with Crippen molar-refractivity contribution in [2.45, 2.75) is 24.9 Å². The number of nitrogens with zero attached hydrogens (tertiary/aromatic N) is 4. The number of likely N-dealkylation sites (tertiary alicyclic amines) is 1. The maximum atomic E-state index is 10.9. The standard InChI is InChI=1S/C16H26N4OS/c1-22-11-3-8-19-9-4-16(21)5-10-20(13-14(16)12-19)15-17-6-2-7-18-15/h2,6-7,14,21H,3-5,8-13H2,1H3/t14-,16-/m1/s1. The van der Waals surface area contributed by atoms with Gasteiger partial charge in [-0.3, -0.25) is 0 Å². The van der Waals surface area contributed by atoms with Crippen molar-refractivity contribution in [1.82, 2.24) is 14.9 Å². The maximum absolute atomic E-state index is 10.9. The van der Waals surface area contributed by atoms with Crippen LogP contribution in [-0.4, -0.2) is 70.3 Å². The summed E-state index contributed by atoms with van der Waals surface area (Å²) in [4.78, 5) is 13.5. The summed E-state index contributed by atoms with van der Waals surface area (Å²) in [5, 5.41) is 10.9. The van der Waals surface area contributed by atoms with Gasteiger partial charge in [0.25, 0.3) is 0 Å². The Hall–Kier alpha value is -0.850. The van der Waals surface area contributed by atoms with Gasteiger partial charge in [-0.15, -0.1) is 0 Å². The molecule has 22 heavy (non-hydrogen) atoms. The molecule has 0 bridgehead atoms. The van der Waals surface area contributed by atoms with Crippen molar-refractivity contribution in [1.29, 1.82) is 0 Å². The molecule has 2 aliphatic rings. The van der Waals surface area contributed by atoms with Crippen LogP contribution in [0.3, 0.4) is 0 Å². The third kappa shape index (κ3) is 3.55. The van der Waals surface area contributed by atoms with Gasteiger partial charge in [0.1, 0.15) is 0 Å². The minimum absolute atomic E-state index is 0.299. The minimum Gasteiger partial charge on any atom is -0.389 e. The zero-order valence-corrected chi connectivity index (χ0v) is 14.1. The predicted molar refractivity (Wildman–Crippen MR) is 91.4 cm³/mol. The van der Waals surface area contributed by atoms with Crippen LogP contribution in [0.5, 0.6) is 0 Å². The van der Waals surface area contributed by atoms with E-state index < -0.39 is 5.60 Å². The summed E-state index contributed by atoms with van der Waals surface area (Å²) in [6, 6.07) is 1.85. The highest BCUT2D eigenvalue weighted by molar-refractivity contribution is 7.98. The van der Waals surface area contributed by atoms with Crippen molar-refractivity contribution < 1.29 is 5.11 Å². The third-order valence-electron chi connectivity index (χ3n) is 5.01. The fourth-order valence-corrected chi connectivity index (χ4v) is 4.06. The molecule has 0 aliphatic carbocycles. The molecule has 2 atom stereocenters. The van der Waals surface area contributed by atoms with Crippen molar-refractivity contribution in [3.63, 3.8) is 0 Å². The van der Waals surface area contributed by atoms with Crippen LogP contribution in [0.25, 0.3) is 0 Å². The number of aliphatic hydroxyl groups is 1. The SMILES string of the molecule is CSCCCN1CC[C@@]2(O)CCN(c3ncccn3)C[C@H]2C1. The first-order valence-electron chi connectivity index (χ1n) is 8.17. The number of hydrogen-bond acceptors (Lipinski definition) is 6. The first kappa shape index (κ1) is 16.0. The van der Waals surface area contributed by atoms with Crippen LogP contribution in [0.4, 0.5) is 5.95 Å². The smallest absolute Gasteiger partial charge is 0.225 e. The van der Waals surface area contributed by atoms with Gasteiger partial charge in [0.2, 0.25) is 5.95 Å². The molecule has 0 amide bonds. The van der Waals surface area contributed by atoms with E-state index in [1.807, 2.05) is 17.8 Å². The molecule has 1 N–H and O–H groups in total. The van der Waals surface area contributed by atoms with Crippen molar-refractivity contribution in [2.24, 2.45) is 5.92 Å². The van der Waals surface area contributed by atoms with E-state index in [-0.39, 0.29) is 0 Å². The van der Waals surface area contributed by atoms with E-state index in [4.69, 9.17) is 0 Å². The van der Waals surface area contributed by atoms with Gasteiger partial charge in [-0.05, 0) is 43.9 Å². The molecule has 5 nitrogen and oxygen atoms in total. The van der Waals surface area contributed by atoms with Crippen molar-refractivity contribution in [2.75, 3.05) is 49.6 Å². The Labute approximate surface area is 137 Å². The lowest BCUT2D eigenvalue weighted by molar-refractivity contribution is -0.0831. The lowest BCUT2D eigenvalue weighted by Crippen LogP contribution is -2.60. The average Bonchev–Trinajstić information content (AvgIpc) is 2.55. The molecule has 0 aromatic carbocycles. The molecular formula is C16H26N4OS. The van der Waals surface area contributed by atoms with Crippen LogP contribution >= 0.6 is 11.8 Å². The maximum Gasteiger partial charge on any atom is 0.225 e. The average molecular weight is 322 g/mol. The van der Waals surface area contributed by atoms with E-state index in [0.717, 1.165) is 51.5 Å². The summed E-state index contributed by atoms with van der Waals surface area (Å²) in [6.07, 6.45) is 8.71. The molecule has 2 aliphatic heterocycles. The summed E-state index contributed by atoms with van der Waals surface area (Å²) in [5.74, 6) is 2.31. The Morgan fingerprint density at radius 1 is 1.27 bits per heavy atom. The van der Waals surface area contributed by atoms with Crippen LogP contribution in [-0.2, 0) is 0 Å². The Kier molecular flexibility index (Phi) is 5.21. The van der Waals surface area contributed by atoms with Gasteiger partial charge < -0.3 is 14.9 Å². The highest BCUT2D eigenvalue weighted by atomic mass is 32.2. The molecule has 2 saturated heterocycles. The van der Waals surface area contributed by atoms with Crippen LogP contribution in [0.15, 0.2) is 18.5 Å². The highest BCUT2D eigenvalue weighted by Crippen LogP contribution is 2.36. The summed E-state index contributed by atoms with van der Waals surface area (Å²) in [6.45, 7) is 4.88. The van der Waals surface area contributed by atoms with E-state index in [1.165, 1.54) is 12.2 Å². The minimum atomic E-state index is -0.485. The summed E-state index contributed by atoms with van der Waals surface area (Å²) < 4.78 is 0. The van der Waals surface area contributed by atoms with E-state index in [0.29, 0.717) is 5.92 Å². The Bertz CT molecular complexity index is 474. The number of piperidine rings is 2.